The first-order valence-electron chi connectivity index (χ1n) is 12.1. The molecule has 1 N–H and O–H groups in total. The monoisotopic (exact) mass is 711 g/mol. The smallest absolute Gasteiger partial charge is 0.244 e. The zero-order valence-corrected chi connectivity index (χ0v) is 26.0. The number of amides is 2. The summed E-state index contributed by atoms with van der Waals surface area (Å²) in [5.74, 6) is -0.777. The summed E-state index contributed by atoms with van der Waals surface area (Å²) in [5.41, 5.74) is 2.08. The van der Waals surface area contributed by atoms with Gasteiger partial charge in [-0.3, -0.25) is 13.9 Å². The van der Waals surface area contributed by atoms with Crippen molar-refractivity contribution in [1.29, 1.82) is 0 Å². The Kier molecular flexibility index (Phi) is 10.8. The lowest BCUT2D eigenvalue weighted by Gasteiger charge is -2.34. The van der Waals surface area contributed by atoms with E-state index in [0.29, 0.717) is 5.69 Å². The van der Waals surface area contributed by atoms with Crippen LogP contribution in [0.15, 0.2) is 83.3 Å². The molecule has 3 rings (SSSR count). The van der Waals surface area contributed by atoms with E-state index in [-0.39, 0.29) is 24.9 Å². The minimum Gasteiger partial charge on any atom is -0.352 e. The number of anilines is 1. The third-order valence-corrected chi connectivity index (χ3v) is 8.09. The molecule has 7 nitrogen and oxygen atoms in total. The predicted molar refractivity (Wildman–Crippen MR) is 163 cm³/mol. The summed E-state index contributed by atoms with van der Waals surface area (Å²) in [7, 11) is -3.79. The molecule has 0 aliphatic heterocycles. The Morgan fingerprint density at radius 2 is 1.58 bits per heavy atom. The van der Waals surface area contributed by atoms with Crippen LogP contribution in [0.5, 0.6) is 0 Å². The molecule has 0 saturated heterocycles. The number of carbonyl (C=O) groups excluding carboxylic acids is 2. The fourth-order valence-electron chi connectivity index (χ4n) is 3.99. The molecule has 0 heterocycles. The highest BCUT2D eigenvalue weighted by Gasteiger charge is 2.33. The first-order valence-corrected chi connectivity index (χ1v) is 15.8. The van der Waals surface area contributed by atoms with E-state index in [0.717, 1.165) is 29.7 Å². The highest BCUT2D eigenvalue weighted by Crippen LogP contribution is 2.22. The first kappa shape index (κ1) is 30.1. The minimum atomic E-state index is -3.79. The quantitative estimate of drug-likeness (QED) is 0.285. The highest BCUT2D eigenvalue weighted by atomic mass is 127. The lowest BCUT2D eigenvalue weighted by atomic mass is 10.0. The molecule has 0 bridgehead atoms. The topological polar surface area (TPSA) is 86.8 Å². The van der Waals surface area contributed by atoms with Crippen molar-refractivity contribution in [3.8, 4) is 0 Å². The SMILES string of the molecule is CC(C)NC(=O)[C@H](Cc1ccccc1)N(Cc1cccc(Br)c1)C(=O)CN(c1ccc(I)cc1)S(C)(=O)=O. The van der Waals surface area contributed by atoms with E-state index < -0.39 is 28.5 Å². The number of hydrogen-bond acceptors (Lipinski definition) is 4. The van der Waals surface area contributed by atoms with Crippen molar-refractivity contribution in [2.45, 2.75) is 38.9 Å². The first-order chi connectivity index (χ1) is 17.9. The van der Waals surface area contributed by atoms with Crippen molar-refractivity contribution in [2.24, 2.45) is 0 Å². The van der Waals surface area contributed by atoms with Crippen molar-refractivity contribution in [1.82, 2.24) is 10.2 Å². The van der Waals surface area contributed by atoms with Gasteiger partial charge in [0.25, 0.3) is 0 Å². The molecule has 3 aromatic carbocycles. The average Bonchev–Trinajstić information content (AvgIpc) is 2.85. The van der Waals surface area contributed by atoms with Gasteiger partial charge < -0.3 is 10.2 Å². The molecule has 3 aromatic rings. The number of nitrogens with zero attached hydrogens (tertiary/aromatic N) is 2. The maximum Gasteiger partial charge on any atom is 0.244 e. The molecule has 0 aromatic heterocycles. The zero-order chi connectivity index (χ0) is 27.9. The Morgan fingerprint density at radius 1 is 0.947 bits per heavy atom. The van der Waals surface area contributed by atoms with E-state index in [1.807, 2.05) is 68.4 Å². The molecule has 0 fully saturated rings. The molecule has 0 aliphatic carbocycles. The normalized spacial score (nSPS) is 12.2. The molecule has 0 aliphatic rings. The van der Waals surface area contributed by atoms with Gasteiger partial charge in [-0.25, -0.2) is 8.42 Å². The standard InChI is InChI=1S/C28H31BrIN3O4S/c1-20(2)31-28(35)26(17-21-8-5-4-6-9-21)32(18-22-10-7-11-23(29)16-22)27(34)19-33(38(3,36)37)25-14-12-24(30)13-15-25/h4-16,20,26H,17-19H2,1-3H3,(H,31,35)/t26-/m0/s1. The summed E-state index contributed by atoms with van der Waals surface area (Å²) in [4.78, 5) is 29.0. The summed E-state index contributed by atoms with van der Waals surface area (Å²) >= 11 is 5.61. The second kappa shape index (κ2) is 13.6. The van der Waals surface area contributed by atoms with Gasteiger partial charge in [0.2, 0.25) is 21.8 Å². The molecule has 38 heavy (non-hydrogen) atoms. The molecule has 0 spiro atoms. The third-order valence-electron chi connectivity index (χ3n) is 5.74. The maximum atomic E-state index is 14.0. The number of sulfonamides is 1. The zero-order valence-electron chi connectivity index (χ0n) is 21.5. The van der Waals surface area contributed by atoms with Crippen molar-refractivity contribution in [3.63, 3.8) is 0 Å². The Morgan fingerprint density at radius 3 is 2.16 bits per heavy atom. The van der Waals surface area contributed by atoms with Gasteiger partial charge in [-0.05, 0) is 84.0 Å². The predicted octanol–water partition coefficient (Wildman–Crippen LogP) is 4.98. The number of carbonyl (C=O) groups is 2. The summed E-state index contributed by atoms with van der Waals surface area (Å²) in [6.07, 6.45) is 1.35. The summed E-state index contributed by atoms with van der Waals surface area (Å²) < 4.78 is 28.4. The second-order valence-corrected chi connectivity index (χ2v) is 13.3. The van der Waals surface area contributed by atoms with E-state index in [1.54, 1.807) is 24.3 Å². The van der Waals surface area contributed by atoms with Crippen LogP contribution in [0.3, 0.4) is 0 Å². The van der Waals surface area contributed by atoms with Crippen LogP contribution in [-0.2, 0) is 32.6 Å². The molecule has 2 amide bonds. The molecular formula is C28H31BrIN3O4S. The number of hydrogen-bond donors (Lipinski definition) is 1. The van der Waals surface area contributed by atoms with Crippen LogP contribution in [0.4, 0.5) is 5.69 Å². The minimum absolute atomic E-state index is 0.131. The lowest BCUT2D eigenvalue weighted by Crippen LogP contribution is -2.54. The molecule has 0 radical (unpaired) electrons. The van der Waals surface area contributed by atoms with E-state index >= 15 is 0 Å². The van der Waals surface area contributed by atoms with Crippen LogP contribution in [0.1, 0.15) is 25.0 Å². The van der Waals surface area contributed by atoms with Gasteiger partial charge in [-0.2, -0.15) is 0 Å². The van der Waals surface area contributed by atoms with E-state index in [2.05, 4.69) is 43.8 Å². The Labute approximate surface area is 246 Å². The van der Waals surface area contributed by atoms with Crippen LogP contribution in [0.25, 0.3) is 0 Å². The largest absolute Gasteiger partial charge is 0.352 e. The third kappa shape index (κ3) is 8.81. The Balaban J connectivity index is 2.05. The van der Waals surface area contributed by atoms with Gasteiger partial charge in [0.05, 0.1) is 11.9 Å². The molecule has 10 heteroatoms. The molecule has 0 unspecified atom stereocenters. The number of halogens is 2. The molecule has 0 saturated carbocycles. The van der Waals surface area contributed by atoms with Crippen molar-refractivity contribution in [3.05, 3.63) is 98.0 Å². The molecular weight excluding hydrogens is 681 g/mol. The summed E-state index contributed by atoms with van der Waals surface area (Å²) in [6, 6.07) is 22.9. The van der Waals surface area contributed by atoms with Crippen molar-refractivity contribution < 1.29 is 18.0 Å². The van der Waals surface area contributed by atoms with Crippen LogP contribution >= 0.6 is 38.5 Å². The Bertz CT molecular complexity index is 1350. The van der Waals surface area contributed by atoms with Crippen LogP contribution in [0, 0.1) is 3.57 Å². The average molecular weight is 712 g/mol. The van der Waals surface area contributed by atoms with Crippen LogP contribution in [0.2, 0.25) is 0 Å². The maximum absolute atomic E-state index is 14.0. The summed E-state index contributed by atoms with van der Waals surface area (Å²) in [5, 5.41) is 2.94. The van der Waals surface area contributed by atoms with Gasteiger partial charge in [0, 0.05) is 27.1 Å². The Hall–Kier alpha value is -2.44. The van der Waals surface area contributed by atoms with Gasteiger partial charge in [-0.1, -0.05) is 58.4 Å². The van der Waals surface area contributed by atoms with Gasteiger partial charge in [0.1, 0.15) is 12.6 Å². The second-order valence-electron chi connectivity index (χ2n) is 9.27. The molecule has 202 valence electrons. The fourth-order valence-corrected chi connectivity index (χ4v) is 5.64. The number of benzene rings is 3. The van der Waals surface area contributed by atoms with Crippen LogP contribution < -0.4 is 9.62 Å². The van der Waals surface area contributed by atoms with Gasteiger partial charge >= 0.3 is 0 Å². The summed E-state index contributed by atoms with van der Waals surface area (Å²) in [6.45, 7) is 3.42. The number of nitrogens with one attached hydrogen (secondary N) is 1. The lowest BCUT2D eigenvalue weighted by molar-refractivity contribution is -0.140. The highest BCUT2D eigenvalue weighted by molar-refractivity contribution is 14.1. The van der Waals surface area contributed by atoms with Crippen molar-refractivity contribution in [2.75, 3.05) is 17.1 Å². The fraction of sp³-hybridized carbons (Fsp3) is 0.286. The van der Waals surface area contributed by atoms with E-state index in [1.165, 1.54) is 4.90 Å². The van der Waals surface area contributed by atoms with E-state index in [4.69, 9.17) is 0 Å². The van der Waals surface area contributed by atoms with E-state index in [9.17, 15) is 18.0 Å². The van der Waals surface area contributed by atoms with Crippen molar-refractivity contribution >= 4 is 66.0 Å². The number of rotatable bonds is 11. The molecule has 1 atom stereocenters. The van der Waals surface area contributed by atoms with Crippen LogP contribution in [-0.4, -0.2) is 50.0 Å². The van der Waals surface area contributed by atoms with Gasteiger partial charge in [-0.15, -0.1) is 0 Å². The van der Waals surface area contributed by atoms with Gasteiger partial charge in [0.15, 0.2) is 0 Å².